The lowest BCUT2D eigenvalue weighted by atomic mass is 9.86. The first kappa shape index (κ1) is 15.8. The highest BCUT2D eigenvalue weighted by atomic mass is 35.5. The summed E-state index contributed by atoms with van der Waals surface area (Å²) in [6.45, 7) is 3.88. The molecular formula is C18H24ClNO2. The number of hydrogen-bond acceptors (Lipinski definition) is 2. The number of fused-ring (bicyclic) bond motifs is 1. The summed E-state index contributed by atoms with van der Waals surface area (Å²) in [7, 11) is 0. The van der Waals surface area contributed by atoms with Crippen molar-refractivity contribution in [2.45, 2.75) is 57.8 Å². The SMILES string of the molecule is CC(C)C(=O)N[C@@H]1C[C@H](c2ccc(Cl)cc2)O[C@@H]2CCC[C@@H]12. The molecule has 1 aliphatic heterocycles. The third kappa shape index (κ3) is 3.31. The molecule has 1 saturated heterocycles. The van der Waals surface area contributed by atoms with Crippen LogP contribution >= 0.6 is 11.6 Å². The van der Waals surface area contributed by atoms with E-state index in [0.29, 0.717) is 5.92 Å². The third-order valence-electron chi connectivity index (χ3n) is 4.92. The molecule has 120 valence electrons. The van der Waals surface area contributed by atoms with Crippen molar-refractivity contribution in [3.8, 4) is 0 Å². The minimum atomic E-state index is 0.0247. The van der Waals surface area contributed by atoms with E-state index >= 15 is 0 Å². The summed E-state index contributed by atoms with van der Waals surface area (Å²) in [4.78, 5) is 12.1. The highest BCUT2D eigenvalue weighted by Crippen LogP contribution is 2.42. The van der Waals surface area contributed by atoms with Crippen LogP contribution in [0.3, 0.4) is 0 Å². The highest BCUT2D eigenvalue weighted by molar-refractivity contribution is 6.30. The molecule has 1 saturated carbocycles. The van der Waals surface area contributed by atoms with E-state index in [1.807, 2.05) is 38.1 Å². The summed E-state index contributed by atoms with van der Waals surface area (Å²) >= 11 is 5.97. The molecule has 0 unspecified atom stereocenters. The standard InChI is InChI=1S/C18H24ClNO2/c1-11(2)18(21)20-15-10-17(12-6-8-13(19)9-7-12)22-16-5-3-4-14(15)16/h6-9,11,14-17H,3-5,10H2,1-2H3,(H,20,21)/t14-,15+,16+,17+/m0/s1. The van der Waals surface area contributed by atoms with Crippen molar-refractivity contribution in [2.75, 3.05) is 0 Å². The number of hydrogen-bond donors (Lipinski definition) is 1. The fourth-order valence-electron chi connectivity index (χ4n) is 3.66. The molecular weight excluding hydrogens is 298 g/mol. The molecule has 3 nitrogen and oxygen atoms in total. The maximum atomic E-state index is 12.1. The van der Waals surface area contributed by atoms with Crippen LogP contribution in [0, 0.1) is 11.8 Å². The van der Waals surface area contributed by atoms with Crippen LogP contribution in [-0.2, 0) is 9.53 Å². The van der Waals surface area contributed by atoms with Gasteiger partial charge in [0.2, 0.25) is 5.91 Å². The molecule has 3 rings (SSSR count). The highest BCUT2D eigenvalue weighted by Gasteiger charge is 2.42. The van der Waals surface area contributed by atoms with Crippen LogP contribution in [-0.4, -0.2) is 18.1 Å². The summed E-state index contributed by atoms with van der Waals surface area (Å²) in [6.07, 6.45) is 4.61. The van der Waals surface area contributed by atoms with Gasteiger partial charge in [0, 0.05) is 22.9 Å². The van der Waals surface area contributed by atoms with E-state index in [1.165, 1.54) is 6.42 Å². The summed E-state index contributed by atoms with van der Waals surface area (Å²) in [5.41, 5.74) is 1.15. The van der Waals surface area contributed by atoms with Gasteiger partial charge in [0.1, 0.15) is 0 Å². The van der Waals surface area contributed by atoms with Gasteiger partial charge in [-0.05, 0) is 37.0 Å². The van der Waals surface area contributed by atoms with E-state index in [0.717, 1.165) is 29.8 Å². The van der Waals surface area contributed by atoms with Gasteiger partial charge in [0.15, 0.2) is 0 Å². The molecule has 1 heterocycles. The van der Waals surface area contributed by atoms with Crippen molar-refractivity contribution >= 4 is 17.5 Å². The van der Waals surface area contributed by atoms with E-state index in [-0.39, 0.29) is 30.1 Å². The normalized spacial score (nSPS) is 31.1. The van der Waals surface area contributed by atoms with Crippen molar-refractivity contribution in [3.63, 3.8) is 0 Å². The molecule has 1 aliphatic carbocycles. The van der Waals surface area contributed by atoms with Crippen LogP contribution in [0.2, 0.25) is 5.02 Å². The summed E-state index contributed by atoms with van der Waals surface area (Å²) < 4.78 is 6.31. The minimum absolute atomic E-state index is 0.0247. The van der Waals surface area contributed by atoms with Gasteiger partial charge in [-0.1, -0.05) is 44.0 Å². The third-order valence-corrected chi connectivity index (χ3v) is 5.17. The molecule has 4 heteroatoms. The molecule has 0 radical (unpaired) electrons. The van der Waals surface area contributed by atoms with E-state index in [4.69, 9.17) is 16.3 Å². The molecule has 2 aliphatic rings. The Kier molecular flexibility index (Phi) is 4.74. The molecule has 0 spiro atoms. The van der Waals surface area contributed by atoms with Gasteiger partial charge >= 0.3 is 0 Å². The average molecular weight is 322 g/mol. The Hall–Kier alpha value is -1.06. The van der Waals surface area contributed by atoms with Crippen LogP contribution in [0.4, 0.5) is 0 Å². The molecule has 1 aromatic rings. The van der Waals surface area contributed by atoms with Gasteiger partial charge in [0.25, 0.3) is 0 Å². The lowest BCUT2D eigenvalue weighted by Gasteiger charge is -2.39. The van der Waals surface area contributed by atoms with Crippen LogP contribution < -0.4 is 5.32 Å². The van der Waals surface area contributed by atoms with Crippen LogP contribution in [0.15, 0.2) is 24.3 Å². The Labute approximate surface area is 137 Å². The molecule has 22 heavy (non-hydrogen) atoms. The first-order valence-corrected chi connectivity index (χ1v) is 8.63. The molecule has 4 atom stereocenters. The van der Waals surface area contributed by atoms with Crippen molar-refractivity contribution in [1.29, 1.82) is 0 Å². The first-order chi connectivity index (χ1) is 10.5. The largest absolute Gasteiger partial charge is 0.370 e. The number of amides is 1. The van der Waals surface area contributed by atoms with Crippen molar-refractivity contribution in [3.05, 3.63) is 34.9 Å². The zero-order chi connectivity index (χ0) is 15.7. The number of carbonyl (C=O) groups is 1. The zero-order valence-electron chi connectivity index (χ0n) is 13.2. The molecule has 1 amide bonds. The molecule has 0 bridgehead atoms. The zero-order valence-corrected chi connectivity index (χ0v) is 14.0. The number of benzene rings is 1. The van der Waals surface area contributed by atoms with Crippen LogP contribution in [0.1, 0.15) is 51.2 Å². The van der Waals surface area contributed by atoms with Gasteiger partial charge in [-0.3, -0.25) is 4.79 Å². The minimum Gasteiger partial charge on any atom is -0.370 e. The fourth-order valence-corrected chi connectivity index (χ4v) is 3.79. The Morgan fingerprint density at radius 3 is 2.68 bits per heavy atom. The van der Waals surface area contributed by atoms with E-state index in [1.54, 1.807) is 0 Å². The average Bonchev–Trinajstić information content (AvgIpc) is 2.96. The summed E-state index contributed by atoms with van der Waals surface area (Å²) in [5.74, 6) is 0.635. The fraction of sp³-hybridized carbons (Fsp3) is 0.611. The molecule has 1 N–H and O–H groups in total. The number of ether oxygens (including phenoxy) is 1. The number of carbonyl (C=O) groups excluding carboxylic acids is 1. The number of halogens is 1. The Balaban J connectivity index is 1.76. The lowest BCUT2D eigenvalue weighted by molar-refractivity contribution is -0.129. The van der Waals surface area contributed by atoms with Crippen molar-refractivity contribution in [1.82, 2.24) is 5.32 Å². The number of nitrogens with one attached hydrogen (secondary N) is 1. The maximum absolute atomic E-state index is 12.1. The first-order valence-electron chi connectivity index (χ1n) is 8.26. The van der Waals surface area contributed by atoms with Gasteiger partial charge in [-0.15, -0.1) is 0 Å². The predicted molar refractivity (Wildman–Crippen MR) is 87.8 cm³/mol. The van der Waals surface area contributed by atoms with Crippen LogP contribution in [0.25, 0.3) is 0 Å². The van der Waals surface area contributed by atoms with E-state index < -0.39 is 0 Å². The smallest absolute Gasteiger partial charge is 0.222 e. The van der Waals surface area contributed by atoms with Gasteiger partial charge in [0.05, 0.1) is 12.2 Å². The van der Waals surface area contributed by atoms with Gasteiger partial charge in [-0.2, -0.15) is 0 Å². The monoisotopic (exact) mass is 321 g/mol. The Bertz CT molecular complexity index is 528. The van der Waals surface area contributed by atoms with E-state index in [9.17, 15) is 4.79 Å². The van der Waals surface area contributed by atoms with Crippen molar-refractivity contribution < 1.29 is 9.53 Å². The number of rotatable bonds is 3. The quantitative estimate of drug-likeness (QED) is 0.909. The van der Waals surface area contributed by atoms with E-state index in [2.05, 4.69) is 5.32 Å². The maximum Gasteiger partial charge on any atom is 0.222 e. The second-order valence-electron chi connectivity index (χ2n) is 6.81. The van der Waals surface area contributed by atoms with Crippen molar-refractivity contribution in [2.24, 2.45) is 11.8 Å². The lowest BCUT2D eigenvalue weighted by Crippen LogP contribution is -2.49. The summed E-state index contributed by atoms with van der Waals surface area (Å²) in [5, 5.41) is 3.99. The molecule has 2 fully saturated rings. The van der Waals surface area contributed by atoms with Crippen LogP contribution in [0.5, 0.6) is 0 Å². The topological polar surface area (TPSA) is 38.3 Å². The molecule has 0 aromatic heterocycles. The Morgan fingerprint density at radius 2 is 2.00 bits per heavy atom. The summed E-state index contributed by atoms with van der Waals surface area (Å²) in [6, 6.07) is 8.09. The molecule has 1 aromatic carbocycles. The Morgan fingerprint density at radius 1 is 1.27 bits per heavy atom. The second kappa shape index (κ2) is 6.59. The van der Waals surface area contributed by atoms with Gasteiger partial charge < -0.3 is 10.1 Å². The van der Waals surface area contributed by atoms with Gasteiger partial charge in [-0.25, -0.2) is 0 Å². The predicted octanol–water partition coefficient (Wildman–Crippen LogP) is 4.11. The second-order valence-corrected chi connectivity index (χ2v) is 7.25.